The highest BCUT2D eigenvalue weighted by Gasteiger charge is 2.19. The highest BCUT2D eigenvalue weighted by molar-refractivity contribution is 5.69. The Morgan fingerprint density at radius 3 is 2.32 bits per heavy atom. The fourth-order valence-electron chi connectivity index (χ4n) is 2.94. The summed E-state index contributed by atoms with van der Waals surface area (Å²) in [6, 6.07) is 9.96. The van der Waals surface area contributed by atoms with E-state index in [1.54, 1.807) is 0 Å². The second-order valence-electron chi connectivity index (χ2n) is 7.96. The van der Waals surface area contributed by atoms with Crippen molar-refractivity contribution in [1.29, 1.82) is 0 Å². The van der Waals surface area contributed by atoms with E-state index < -0.39 is 0 Å². The van der Waals surface area contributed by atoms with Crippen LogP contribution in [0.3, 0.4) is 0 Å². The molecular formula is C22H28N4O2. The van der Waals surface area contributed by atoms with Crippen LogP contribution in [-0.4, -0.2) is 26.5 Å². The van der Waals surface area contributed by atoms with Crippen LogP contribution in [0.1, 0.15) is 58.9 Å². The molecule has 0 amide bonds. The summed E-state index contributed by atoms with van der Waals surface area (Å²) in [6.45, 7) is 12.4. The van der Waals surface area contributed by atoms with Gasteiger partial charge in [0.2, 0.25) is 5.89 Å². The monoisotopic (exact) mass is 380 g/mol. The molecule has 28 heavy (non-hydrogen) atoms. The van der Waals surface area contributed by atoms with Crippen LogP contribution in [0.25, 0.3) is 22.8 Å². The van der Waals surface area contributed by atoms with Crippen LogP contribution in [0.4, 0.5) is 0 Å². The Morgan fingerprint density at radius 2 is 1.68 bits per heavy atom. The number of hydrogen-bond acceptors (Lipinski definition) is 6. The molecule has 0 saturated heterocycles. The van der Waals surface area contributed by atoms with Crippen LogP contribution in [0.2, 0.25) is 0 Å². The molecule has 0 N–H and O–H groups in total. The van der Waals surface area contributed by atoms with Crippen LogP contribution in [0, 0.1) is 5.92 Å². The van der Waals surface area contributed by atoms with Gasteiger partial charge in [0.15, 0.2) is 5.69 Å². The van der Waals surface area contributed by atoms with Crippen molar-refractivity contribution in [1.82, 2.24) is 20.4 Å². The average Bonchev–Trinajstić information content (AvgIpc) is 3.11. The predicted octanol–water partition coefficient (Wildman–Crippen LogP) is 5.30. The summed E-state index contributed by atoms with van der Waals surface area (Å²) < 4.78 is 11.8. The smallest absolute Gasteiger partial charge is 0.268 e. The van der Waals surface area contributed by atoms with E-state index in [-0.39, 0.29) is 12.0 Å². The van der Waals surface area contributed by atoms with Crippen molar-refractivity contribution in [3.8, 4) is 28.6 Å². The van der Waals surface area contributed by atoms with E-state index in [0.717, 1.165) is 29.0 Å². The molecule has 3 rings (SSSR count). The van der Waals surface area contributed by atoms with Crippen LogP contribution in [0.15, 0.2) is 34.7 Å². The first-order valence-electron chi connectivity index (χ1n) is 9.81. The summed E-state index contributed by atoms with van der Waals surface area (Å²) in [5.41, 5.74) is 3.39. The molecule has 0 atom stereocenters. The van der Waals surface area contributed by atoms with Crippen molar-refractivity contribution in [2.24, 2.45) is 5.92 Å². The first kappa shape index (κ1) is 20.0. The van der Waals surface area contributed by atoms with Gasteiger partial charge in [-0.15, -0.1) is 20.4 Å². The van der Waals surface area contributed by atoms with Gasteiger partial charge in [-0.1, -0.05) is 39.8 Å². The first-order valence-corrected chi connectivity index (χ1v) is 9.81. The van der Waals surface area contributed by atoms with Gasteiger partial charge in [0.05, 0.1) is 11.8 Å². The highest BCUT2D eigenvalue weighted by Crippen LogP contribution is 2.32. The summed E-state index contributed by atoms with van der Waals surface area (Å²) in [5.74, 6) is 2.44. The fourth-order valence-corrected chi connectivity index (χ4v) is 2.94. The number of hydrogen-bond donors (Lipinski definition) is 0. The van der Waals surface area contributed by atoms with Gasteiger partial charge in [0.25, 0.3) is 5.89 Å². The summed E-state index contributed by atoms with van der Waals surface area (Å²) >= 11 is 0. The molecule has 0 bridgehead atoms. The molecule has 0 spiro atoms. The number of rotatable bonds is 7. The second kappa shape index (κ2) is 8.50. The molecule has 0 radical (unpaired) electrons. The minimum absolute atomic E-state index is 0.0800. The topological polar surface area (TPSA) is 73.9 Å². The summed E-state index contributed by atoms with van der Waals surface area (Å²) in [5, 5.41) is 17.3. The quantitative estimate of drug-likeness (QED) is 0.553. The Morgan fingerprint density at radius 1 is 0.929 bits per heavy atom. The number of ether oxygens (including phenoxy) is 1. The van der Waals surface area contributed by atoms with Gasteiger partial charge in [-0.25, -0.2) is 0 Å². The van der Waals surface area contributed by atoms with Gasteiger partial charge in [-0.3, -0.25) is 0 Å². The third kappa shape index (κ3) is 4.55. The van der Waals surface area contributed by atoms with E-state index in [4.69, 9.17) is 9.15 Å². The van der Waals surface area contributed by atoms with Crippen molar-refractivity contribution in [3.63, 3.8) is 0 Å². The first-order chi connectivity index (χ1) is 13.3. The lowest BCUT2D eigenvalue weighted by molar-refractivity contribution is 0.243. The molecule has 0 aliphatic carbocycles. The van der Waals surface area contributed by atoms with E-state index in [1.807, 2.05) is 52.0 Å². The third-order valence-electron chi connectivity index (χ3n) is 4.16. The number of nitrogens with zero attached hydrogens (tertiary/aromatic N) is 4. The van der Waals surface area contributed by atoms with Gasteiger partial charge >= 0.3 is 0 Å². The fraction of sp³-hybridized carbons (Fsp3) is 0.455. The summed E-state index contributed by atoms with van der Waals surface area (Å²) in [4.78, 5) is 0. The van der Waals surface area contributed by atoms with Crippen molar-refractivity contribution in [2.45, 2.75) is 60.0 Å². The SMILES string of the molecule is CC(C)Cc1cc(-c2ccccc2OC(C)C)nnc1-c1nnc(C(C)C)o1. The molecule has 0 aliphatic heterocycles. The van der Waals surface area contributed by atoms with E-state index >= 15 is 0 Å². The highest BCUT2D eigenvalue weighted by atomic mass is 16.5. The number of aromatic nitrogens is 4. The van der Waals surface area contributed by atoms with Crippen LogP contribution in [0.5, 0.6) is 5.75 Å². The molecule has 0 saturated carbocycles. The molecule has 3 aromatic rings. The standard InChI is InChI=1S/C22H28N4O2/c1-13(2)11-16-12-18(17-9-7-8-10-19(17)27-15(5)6)23-24-20(16)22-26-25-21(28-22)14(3)4/h7-10,12-15H,11H2,1-6H3. The maximum absolute atomic E-state index is 5.96. The van der Waals surface area contributed by atoms with Gasteiger partial charge in [0, 0.05) is 11.5 Å². The summed E-state index contributed by atoms with van der Waals surface area (Å²) in [6.07, 6.45) is 0.918. The lowest BCUT2D eigenvalue weighted by atomic mass is 9.99. The van der Waals surface area contributed by atoms with E-state index in [9.17, 15) is 0 Å². The van der Waals surface area contributed by atoms with Gasteiger partial charge in [0.1, 0.15) is 5.75 Å². The molecule has 1 aromatic carbocycles. The van der Waals surface area contributed by atoms with Crippen molar-refractivity contribution >= 4 is 0 Å². The Hall–Kier alpha value is -2.76. The zero-order valence-corrected chi connectivity index (χ0v) is 17.4. The van der Waals surface area contributed by atoms with Crippen molar-refractivity contribution < 1.29 is 9.15 Å². The second-order valence-corrected chi connectivity index (χ2v) is 7.96. The van der Waals surface area contributed by atoms with E-state index in [0.29, 0.717) is 23.4 Å². The van der Waals surface area contributed by atoms with Crippen LogP contribution in [-0.2, 0) is 6.42 Å². The lowest BCUT2D eigenvalue weighted by Gasteiger charge is -2.15. The normalized spacial score (nSPS) is 11.6. The zero-order valence-electron chi connectivity index (χ0n) is 17.4. The number of para-hydroxylation sites is 1. The molecular weight excluding hydrogens is 352 g/mol. The Kier molecular flexibility index (Phi) is 6.07. The zero-order chi connectivity index (χ0) is 20.3. The minimum Gasteiger partial charge on any atom is -0.490 e. The third-order valence-corrected chi connectivity index (χ3v) is 4.16. The Balaban J connectivity index is 2.06. The van der Waals surface area contributed by atoms with Gasteiger partial charge in [-0.2, -0.15) is 0 Å². The maximum Gasteiger partial charge on any atom is 0.268 e. The molecule has 0 fully saturated rings. The molecule has 2 heterocycles. The molecule has 2 aromatic heterocycles. The summed E-state index contributed by atoms with van der Waals surface area (Å²) in [7, 11) is 0. The largest absolute Gasteiger partial charge is 0.490 e. The Labute approximate surface area is 166 Å². The molecule has 0 unspecified atom stereocenters. The van der Waals surface area contributed by atoms with Crippen LogP contribution < -0.4 is 4.74 Å². The van der Waals surface area contributed by atoms with Gasteiger partial charge in [-0.05, 0) is 49.9 Å². The minimum atomic E-state index is 0.0800. The molecule has 148 valence electrons. The van der Waals surface area contributed by atoms with E-state index in [2.05, 4.69) is 40.3 Å². The number of benzene rings is 1. The van der Waals surface area contributed by atoms with Gasteiger partial charge < -0.3 is 9.15 Å². The molecule has 0 aliphatic rings. The van der Waals surface area contributed by atoms with Crippen molar-refractivity contribution in [3.05, 3.63) is 41.8 Å². The Bertz CT molecular complexity index is 932. The molecule has 6 heteroatoms. The van der Waals surface area contributed by atoms with E-state index in [1.165, 1.54) is 0 Å². The molecule has 6 nitrogen and oxygen atoms in total. The average molecular weight is 380 g/mol. The van der Waals surface area contributed by atoms with Crippen LogP contribution >= 0.6 is 0 Å². The predicted molar refractivity (Wildman–Crippen MR) is 109 cm³/mol. The lowest BCUT2D eigenvalue weighted by Crippen LogP contribution is -2.07. The maximum atomic E-state index is 5.96. The van der Waals surface area contributed by atoms with Crippen molar-refractivity contribution in [2.75, 3.05) is 0 Å².